The maximum absolute atomic E-state index is 13.9. The lowest BCUT2D eigenvalue weighted by Gasteiger charge is -2.39. The average Bonchev–Trinajstić information content (AvgIpc) is 3.27. The van der Waals surface area contributed by atoms with Gasteiger partial charge in [-0.2, -0.15) is 0 Å². The maximum atomic E-state index is 13.9. The van der Waals surface area contributed by atoms with Gasteiger partial charge >= 0.3 is 6.03 Å². The van der Waals surface area contributed by atoms with Gasteiger partial charge < -0.3 is 4.74 Å². The predicted octanol–water partition coefficient (Wildman–Crippen LogP) is 4.30. The molecule has 10 heteroatoms. The summed E-state index contributed by atoms with van der Waals surface area (Å²) in [6.07, 6.45) is 4.24. The van der Waals surface area contributed by atoms with Gasteiger partial charge in [-0.3, -0.25) is 19.7 Å². The van der Waals surface area contributed by atoms with Crippen molar-refractivity contribution in [1.29, 1.82) is 0 Å². The minimum absolute atomic E-state index is 0.114. The number of nitrogens with zero attached hydrogens (tertiary/aromatic N) is 2. The Bertz CT molecular complexity index is 1190. The molecule has 42 heavy (non-hydrogen) atoms. The number of amides is 5. The first-order valence-electron chi connectivity index (χ1n) is 14.9. The molecular formula is C32H42N4O6. The molecular weight excluding hydrogens is 536 g/mol. The summed E-state index contributed by atoms with van der Waals surface area (Å²) in [4.78, 5) is 59.7. The van der Waals surface area contributed by atoms with E-state index in [1.165, 1.54) is 5.01 Å². The summed E-state index contributed by atoms with van der Waals surface area (Å²) in [5, 5.41) is 4.73. The van der Waals surface area contributed by atoms with E-state index in [0.717, 1.165) is 29.0 Å². The molecule has 0 unspecified atom stereocenters. The van der Waals surface area contributed by atoms with Gasteiger partial charge in [-0.15, -0.1) is 0 Å². The lowest BCUT2D eigenvalue weighted by atomic mass is 10.0. The highest BCUT2D eigenvalue weighted by molar-refractivity contribution is 6.05. The normalized spacial score (nSPS) is 19.5. The number of hydroxylamine groups is 1. The standard InChI is InChI=1S/C32H42N4O6/c1-23(2)19-20-28(37)35(36-27(30(38)33-32(36)40)22-25-14-7-4-8-15-25)26(17-11-16-24-12-5-3-6-13-24)31(39)34-42-29-18-9-10-21-41-29/h3-8,12-15,23,26-27,29H,9-11,16-22H2,1-2H3,(H,34,39)(H,33,38,40)/t26-,27-,29+/m0/s1. The summed E-state index contributed by atoms with van der Waals surface area (Å²) in [7, 11) is 0. The zero-order valence-corrected chi connectivity index (χ0v) is 24.5. The number of aryl methyl sites for hydroxylation is 1. The van der Waals surface area contributed by atoms with Crippen LogP contribution in [0.1, 0.15) is 69.9 Å². The van der Waals surface area contributed by atoms with Gasteiger partial charge in [-0.05, 0) is 55.6 Å². The van der Waals surface area contributed by atoms with Crippen molar-refractivity contribution in [1.82, 2.24) is 20.8 Å². The summed E-state index contributed by atoms with van der Waals surface area (Å²) in [6.45, 7) is 4.55. The number of imide groups is 1. The largest absolute Gasteiger partial charge is 0.350 e. The number of hydrogen-bond donors (Lipinski definition) is 2. The number of ether oxygens (including phenoxy) is 1. The van der Waals surface area contributed by atoms with Crippen LogP contribution in [0, 0.1) is 5.92 Å². The van der Waals surface area contributed by atoms with Crippen molar-refractivity contribution >= 4 is 23.8 Å². The van der Waals surface area contributed by atoms with Gasteiger partial charge in [0, 0.05) is 25.9 Å². The van der Waals surface area contributed by atoms with E-state index in [-0.39, 0.29) is 25.2 Å². The molecule has 0 aliphatic carbocycles. The van der Waals surface area contributed by atoms with Crippen molar-refractivity contribution in [3.63, 3.8) is 0 Å². The van der Waals surface area contributed by atoms with Gasteiger partial charge in [0.05, 0.1) is 0 Å². The molecule has 2 aromatic carbocycles. The maximum Gasteiger partial charge on any atom is 0.343 e. The summed E-state index contributed by atoms with van der Waals surface area (Å²) in [5.74, 6) is -1.26. The second-order valence-electron chi connectivity index (χ2n) is 11.3. The van der Waals surface area contributed by atoms with Crippen molar-refractivity contribution in [2.24, 2.45) is 5.92 Å². The van der Waals surface area contributed by atoms with E-state index in [1.54, 1.807) is 0 Å². The van der Waals surface area contributed by atoms with Crippen LogP contribution in [0.25, 0.3) is 0 Å². The summed E-state index contributed by atoms with van der Waals surface area (Å²) < 4.78 is 5.60. The van der Waals surface area contributed by atoms with Crippen LogP contribution in [0.15, 0.2) is 60.7 Å². The molecule has 2 N–H and O–H groups in total. The quantitative estimate of drug-likeness (QED) is 0.255. The number of carbonyl (C=O) groups is 4. The Morgan fingerprint density at radius 2 is 1.71 bits per heavy atom. The lowest BCUT2D eigenvalue weighted by Crippen LogP contribution is -2.61. The number of hydrazine groups is 1. The molecule has 3 atom stereocenters. The van der Waals surface area contributed by atoms with E-state index in [2.05, 4.69) is 10.8 Å². The summed E-state index contributed by atoms with van der Waals surface area (Å²) in [6, 6.07) is 16.3. The number of hydrogen-bond acceptors (Lipinski definition) is 6. The third kappa shape index (κ3) is 8.62. The van der Waals surface area contributed by atoms with E-state index in [0.29, 0.717) is 32.3 Å². The van der Waals surface area contributed by atoms with Crippen molar-refractivity contribution in [3.8, 4) is 0 Å². The zero-order chi connectivity index (χ0) is 29.9. The number of carbonyl (C=O) groups excluding carboxylic acids is 4. The Labute approximate surface area is 247 Å². The van der Waals surface area contributed by atoms with E-state index >= 15 is 0 Å². The van der Waals surface area contributed by atoms with E-state index in [1.807, 2.05) is 74.5 Å². The minimum atomic E-state index is -1.09. The molecule has 0 saturated carbocycles. The monoisotopic (exact) mass is 578 g/mol. The average molecular weight is 579 g/mol. The molecule has 0 radical (unpaired) electrons. The molecule has 0 spiro atoms. The molecule has 2 saturated heterocycles. The predicted molar refractivity (Wildman–Crippen MR) is 156 cm³/mol. The van der Waals surface area contributed by atoms with Crippen LogP contribution in [0.5, 0.6) is 0 Å². The van der Waals surface area contributed by atoms with Crippen molar-refractivity contribution < 1.29 is 28.8 Å². The summed E-state index contributed by atoms with van der Waals surface area (Å²) >= 11 is 0. The van der Waals surface area contributed by atoms with Crippen LogP contribution in [0.3, 0.4) is 0 Å². The highest BCUT2D eigenvalue weighted by atomic mass is 16.8. The molecule has 4 rings (SSSR count). The van der Waals surface area contributed by atoms with Crippen LogP contribution in [-0.4, -0.2) is 58.8 Å². The van der Waals surface area contributed by atoms with E-state index in [4.69, 9.17) is 9.57 Å². The molecule has 10 nitrogen and oxygen atoms in total. The third-order valence-corrected chi connectivity index (χ3v) is 7.54. The molecule has 2 aliphatic rings. The van der Waals surface area contributed by atoms with Gasteiger partial charge in [0.1, 0.15) is 12.1 Å². The fourth-order valence-corrected chi connectivity index (χ4v) is 5.24. The number of nitrogens with one attached hydrogen (secondary N) is 2. The minimum Gasteiger partial charge on any atom is -0.350 e. The van der Waals surface area contributed by atoms with Gasteiger partial charge in [-0.25, -0.2) is 25.1 Å². The zero-order valence-electron chi connectivity index (χ0n) is 24.5. The third-order valence-electron chi connectivity index (χ3n) is 7.54. The van der Waals surface area contributed by atoms with E-state index < -0.39 is 42.1 Å². The smallest absolute Gasteiger partial charge is 0.343 e. The Hall–Kier alpha value is -3.76. The van der Waals surface area contributed by atoms with Crippen molar-refractivity contribution in [2.45, 2.75) is 90.0 Å². The van der Waals surface area contributed by atoms with Crippen molar-refractivity contribution in [3.05, 3.63) is 71.8 Å². The number of urea groups is 1. The van der Waals surface area contributed by atoms with Crippen LogP contribution in [-0.2, 0) is 36.8 Å². The fourth-order valence-electron chi connectivity index (χ4n) is 5.24. The molecule has 2 aromatic rings. The van der Waals surface area contributed by atoms with Crippen molar-refractivity contribution in [2.75, 3.05) is 6.61 Å². The highest BCUT2D eigenvalue weighted by Crippen LogP contribution is 2.24. The van der Waals surface area contributed by atoms with Gasteiger partial charge in [0.2, 0.25) is 5.91 Å². The molecule has 0 bridgehead atoms. The summed E-state index contributed by atoms with van der Waals surface area (Å²) in [5.41, 5.74) is 4.44. The molecule has 2 fully saturated rings. The SMILES string of the molecule is CC(C)CCC(=O)N([C@@H](CCCc1ccccc1)C(=O)NO[C@@H]1CCCCO1)N1C(=O)NC(=O)[C@@H]1Cc1ccccc1. The molecule has 2 aliphatic heterocycles. The highest BCUT2D eigenvalue weighted by Gasteiger charge is 2.47. The van der Waals surface area contributed by atoms with Crippen LogP contribution < -0.4 is 10.8 Å². The number of rotatable bonds is 14. The Morgan fingerprint density at radius 3 is 2.36 bits per heavy atom. The fraction of sp³-hybridized carbons (Fsp3) is 0.500. The Morgan fingerprint density at radius 1 is 1.02 bits per heavy atom. The molecule has 2 heterocycles. The topological polar surface area (TPSA) is 117 Å². The van der Waals surface area contributed by atoms with Gasteiger partial charge in [0.15, 0.2) is 6.29 Å². The van der Waals surface area contributed by atoms with Crippen LogP contribution in [0.4, 0.5) is 4.79 Å². The van der Waals surface area contributed by atoms with Crippen LogP contribution in [0.2, 0.25) is 0 Å². The Balaban J connectivity index is 1.63. The molecule has 226 valence electrons. The first kappa shape index (κ1) is 31.2. The molecule has 5 amide bonds. The Kier molecular flexibility index (Phi) is 11.5. The van der Waals surface area contributed by atoms with Gasteiger partial charge in [0.25, 0.3) is 11.8 Å². The molecule has 0 aromatic heterocycles. The number of benzene rings is 2. The first-order valence-corrected chi connectivity index (χ1v) is 14.9. The van der Waals surface area contributed by atoms with Crippen LogP contribution >= 0.6 is 0 Å². The first-order chi connectivity index (χ1) is 20.3. The van der Waals surface area contributed by atoms with E-state index in [9.17, 15) is 19.2 Å². The van der Waals surface area contributed by atoms with Gasteiger partial charge in [-0.1, -0.05) is 74.5 Å². The second-order valence-corrected chi connectivity index (χ2v) is 11.3. The lowest BCUT2D eigenvalue weighted by molar-refractivity contribution is -0.205. The second kappa shape index (κ2) is 15.5.